The first-order valence-electron chi connectivity index (χ1n) is 9.98. The number of amides is 5. The number of imide groups is 2. The molecule has 158 valence electrons. The molecular weight excluding hydrogens is 390 g/mol. The monoisotopic (exact) mass is 413 g/mol. The molecule has 4 rings (SSSR count). The van der Waals surface area contributed by atoms with Crippen LogP contribution in [0.5, 0.6) is 0 Å². The highest BCUT2D eigenvalue weighted by Gasteiger charge is 2.45. The standard InChI is InChI=1S/C20H23N5O5/c21-11-3-2-8-24(10-11)16(27)9-22-13-5-1-4-12-17(13)20(30)25(19(12)29)14-6-7-15(26)23-18(14)28/h1,4-5,11,14,22H,2-3,6-10,21H2,(H,23,26,28)/t11-,14?/m1/s1. The molecule has 0 aromatic heterocycles. The van der Waals surface area contributed by atoms with E-state index in [9.17, 15) is 24.0 Å². The molecule has 3 heterocycles. The SMILES string of the molecule is N[C@@H]1CCCN(C(=O)CNc2cccc3c2C(=O)N(C2CCC(=O)NC2=O)C3=O)C1. The maximum atomic E-state index is 13.0. The number of hydrogen-bond acceptors (Lipinski definition) is 7. The average Bonchev–Trinajstić information content (AvgIpc) is 2.97. The number of nitrogens with one attached hydrogen (secondary N) is 2. The van der Waals surface area contributed by atoms with E-state index < -0.39 is 29.7 Å². The number of hydrogen-bond donors (Lipinski definition) is 3. The molecule has 0 bridgehead atoms. The van der Waals surface area contributed by atoms with Crippen LogP contribution in [0.4, 0.5) is 5.69 Å². The number of carbonyl (C=O) groups excluding carboxylic acids is 5. The first kappa shape index (κ1) is 20.0. The Morgan fingerprint density at radius 2 is 1.97 bits per heavy atom. The molecule has 0 saturated carbocycles. The Morgan fingerprint density at radius 1 is 1.17 bits per heavy atom. The Balaban J connectivity index is 1.51. The molecule has 10 nitrogen and oxygen atoms in total. The third-order valence-corrected chi connectivity index (χ3v) is 5.71. The van der Waals surface area contributed by atoms with E-state index in [0.29, 0.717) is 18.8 Å². The minimum Gasteiger partial charge on any atom is -0.375 e. The fourth-order valence-corrected chi connectivity index (χ4v) is 4.18. The van der Waals surface area contributed by atoms with Gasteiger partial charge in [0.1, 0.15) is 6.04 Å². The summed E-state index contributed by atoms with van der Waals surface area (Å²) in [5.74, 6) is -2.42. The normalized spacial score (nSPS) is 24.0. The molecule has 4 N–H and O–H groups in total. The number of nitrogens with two attached hydrogens (primary N) is 1. The molecule has 1 unspecified atom stereocenters. The molecule has 10 heteroatoms. The molecule has 1 aromatic carbocycles. The van der Waals surface area contributed by atoms with Crippen LogP contribution in [0, 0.1) is 0 Å². The Morgan fingerprint density at radius 3 is 2.70 bits per heavy atom. The Bertz CT molecular complexity index is 946. The van der Waals surface area contributed by atoms with E-state index in [1.54, 1.807) is 17.0 Å². The van der Waals surface area contributed by atoms with Crippen LogP contribution in [0.15, 0.2) is 18.2 Å². The summed E-state index contributed by atoms with van der Waals surface area (Å²) in [7, 11) is 0. The molecule has 2 saturated heterocycles. The van der Waals surface area contributed by atoms with Crippen molar-refractivity contribution in [2.75, 3.05) is 25.0 Å². The molecule has 2 atom stereocenters. The number of carbonyl (C=O) groups is 5. The van der Waals surface area contributed by atoms with Crippen LogP contribution in [0.25, 0.3) is 0 Å². The van der Waals surface area contributed by atoms with Crippen LogP contribution < -0.4 is 16.4 Å². The van der Waals surface area contributed by atoms with Crippen LogP contribution in [-0.4, -0.2) is 71.1 Å². The van der Waals surface area contributed by atoms with Crippen molar-refractivity contribution in [2.24, 2.45) is 5.73 Å². The lowest BCUT2D eigenvalue weighted by Crippen LogP contribution is -2.54. The third kappa shape index (κ3) is 3.54. The summed E-state index contributed by atoms with van der Waals surface area (Å²) in [6.07, 6.45) is 1.88. The van der Waals surface area contributed by atoms with E-state index in [-0.39, 0.29) is 42.5 Å². The third-order valence-electron chi connectivity index (χ3n) is 5.71. The summed E-state index contributed by atoms with van der Waals surface area (Å²) >= 11 is 0. The van der Waals surface area contributed by atoms with Gasteiger partial charge >= 0.3 is 0 Å². The topological polar surface area (TPSA) is 142 Å². The first-order chi connectivity index (χ1) is 14.4. The van der Waals surface area contributed by atoms with E-state index in [4.69, 9.17) is 5.73 Å². The summed E-state index contributed by atoms with van der Waals surface area (Å²) in [5.41, 5.74) is 6.59. The maximum Gasteiger partial charge on any atom is 0.264 e. The van der Waals surface area contributed by atoms with Gasteiger partial charge in [0, 0.05) is 31.2 Å². The minimum atomic E-state index is -1.03. The van der Waals surface area contributed by atoms with Crippen LogP contribution >= 0.6 is 0 Å². The zero-order valence-electron chi connectivity index (χ0n) is 16.3. The lowest BCUT2D eigenvalue weighted by molar-refractivity contribution is -0.136. The van der Waals surface area contributed by atoms with Crippen LogP contribution in [0.2, 0.25) is 0 Å². The van der Waals surface area contributed by atoms with E-state index in [2.05, 4.69) is 10.6 Å². The van der Waals surface area contributed by atoms with Crippen molar-refractivity contribution in [3.63, 3.8) is 0 Å². The summed E-state index contributed by atoms with van der Waals surface area (Å²) < 4.78 is 0. The lowest BCUT2D eigenvalue weighted by atomic mass is 10.0. The van der Waals surface area contributed by atoms with E-state index in [1.165, 1.54) is 6.07 Å². The zero-order valence-corrected chi connectivity index (χ0v) is 16.3. The van der Waals surface area contributed by atoms with Gasteiger partial charge in [0.25, 0.3) is 11.8 Å². The molecule has 0 spiro atoms. The smallest absolute Gasteiger partial charge is 0.264 e. The van der Waals surface area contributed by atoms with Crippen LogP contribution in [-0.2, 0) is 14.4 Å². The fourth-order valence-electron chi connectivity index (χ4n) is 4.18. The van der Waals surface area contributed by atoms with Gasteiger partial charge in [-0.3, -0.25) is 34.2 Å². The maximum absolute atomic E-state index is 13.0. The Kier molecular flexibility index (Phi) is 5.25. The van der Waals surface area contributed by atoms with Crippen molar-refractivity contribution in [3.05, 3.63) is 29.3 Å². The van der Waals surface area contributed by atoms with Crippen molar-refractivity contribution in [1.82, 2.24) is 15.1 Å². The average molecular weight is 413 g/mol. The van der Waals surface area contributed by atoms with Gasteiger partial charge in [-0.15, -0.1) is 0 Å². The summed E-state index contributed by atoms with van der Waals surface area (Å²) in [4.78, 5) is 64.5. The van der Waals surface area contributed by atoms with Gasteiger partial charge in [-0.1, -0.05) is 6.07 Å². The summed E-state index contributed by atoms with van der Waals surface area (Å²) in [6.45, 7) is 1.10. The van der Waals surface area contributed by atoms with E-state index in [0.717, 1.165) is 17.7 Å². The van der Waals surface area contributed by atoms with Gasteiger partial charge in [0.2, 0.25) is 17.7 Å². The number of rotatable bonds is 4. The predicted molar refractivity (Wildman–Crippen MR) is 105 cm³/mol. The van der Waals surface area contributed by atoms with Gasteiger partial charge in [-0.05, 0) is 31.4 Å². The summed E-state index contributed by atoms with van der Waals surface area (Å²) in [6, 6.07) is 3.68. The second kappa shape index (κ2) is 7.86. The Labute approximate surface area is 172 Å². The van der Waals surface area contributed by atoms with Crippen molar-refractivity contribution in [1.29, 1.82) is 0 Å². The number of likely N-dealkylation sites (tertiary alicyclic amines) is 1. The molecule has 3 aliphatic rings. The number of benzene rings is 1. The highest BCUT2D eigenvalue weighted by Crippen LogP contribution is 2.32. The highest BCUT2D eigenvalue weighted by atomic mass is 16.2. The van der Waals surface area contributed by atoms with E-state index >= 15 is 0 Å². The quantitative estimate of drug-likeness (QED) is 0.562. The van der Waals surface area contributed by atoms with Gasteiger partial charge < -0.3 is 16.0 Å². The van der Waals surface area contributed by atoms with Crippen molar-refractivity contribution in [3.8, 4) is 0 Å². The van der Waals surface area contributed by atoms with Gasteiger partial charge in [0.05, 0.1) is 17.7 Å². The molecule has 30 heavy (non-hydrogen) atoms. The molecule has 1 aromatic rings. The lowest BCUT2D eigenvalue weighted by Gasteiger charge is -2.31. The molecule has 0 aliphatic carbocycles. The predicted octanol–water partition coefficient (Wildman–Crippen LogP) is -0.551. The molecule has 5 amide bonds. The van der Waals surface area contributed by atoms with Gasteiger partial charge in [0.15, 0.2) is 0 Å². The minimum absolute atomic E-state index is 0.0371. The Hall–Kier alpha value is -3.27. The van der Waals surface area contributed by atoms with Crippen molar-refractivity contribution < 1.29 is 24.0 Å². The second-order valence-corrected chi connectivity index (χ2v) is 7.77. The van der Waals surface area contributed by atoms with Crippen molar-refractivity contribution >= 4 is 35.2 Å². The van der Waals surface area contributed by atoms with Crippen LogP contribution in [0.1, 0.15) is 46.4 Å². The number of anilines is 1. The fraction of sp³-hybridized carbons (Fsp3) is 0.450. The zero-order chi connectivity index (χ0) is 21.4. The first-order valence-corrected chi connectivity index (χ1v) is 9.98. The number of fused-ring (bicyclic) bond motifs is 1. The van der Waals surface area contributed by atoms with E-state index in [1.807, 2.05) is 0 Å². The number of nitrogens with zero attached hydrogens (tertiary/aromatic N) is 2. The van der Waals surface area contributed by atoms with Crippen LogP contribution in [0.3, 0.4) is 0 Å². The molecule has 0 radical (unpaired) electrons. The molecule has 2 fully saturated rings. The molecular formula is C20H23N5O5. The summed E-state index contributed by atoms with van der Waals surface area (Å²) in [5, 5.41) is 5.13. The second-order valence-electron chi connectivity index (χ2n) is 7.77. The van der Waals surface area contributed by atoms with Crippen molar-refractivity contribution in [2.45, 2.75) is 37.8 Å². The largest absolute Gasteiger partial charge is 0.375 e. The number of piperidine rings is 2. The van der Waals surface area contributed by atoms with Gasteiger partial charge in [-0.2, -0.15) is 0 Å². The van der Waals surface area contributed by atoms with Gasteiger partial charge in [-0.25, -0.2) is 0 Å². The molecule has 3 aliphatic heterocycles. The highest BCUT2D eigenvalue weighted by molar-refractivity contribution is 6.25.